The third-order valence-corrected chi connectivity index (χ3v) is 6.03. The molecule has 154 valence electrons. The fourth-order valence-corrected chi connectivity index (χ4v) is 4.77. The van der Waals surface area contributed by atoms with Gasteiger partial charge < -0.3 is 20.4 Å². The van der Waals surface area contributed by atoms with Crippen LogP contribution in [0.15, 0.2) is 39.9 Å². The minimum absolute atomic E-state index is 0.00874. The molecule has 0 aliphatic carbocycles. The van der Waals surface area contributed by atoms with Gasteiger partial charge in [0.05, 0.1) is 21.4 Å². The smallest absolute Gasteiger partial charge is 0.198 e. The summed E-state index contributed by atoms with van der Waals surface area (Å²) in [4.78, 5) is 26.5. The molecule has 0 aliphatic rings. The summed E-state index contributed by atoms with van der Waals surface area (Å²) in [6.45, 7) is 4.88. The van der Waals surface area contributed by atoms with Gasteiger partial charge in [-0.25, -0.2) is 0 Å². The molecule has 0 heterocycles. The van der Waals surface area contributed by atoms with Crippen molar-refractivity contribution in [2.45, 2.75) is 20.8 Å². The molecule has 0 saturated carbocycles. The van der Waals surface area contributed by atoms with Crippen LogP contribution in [0.25, 0.3) is 48.8 Å². The highest BCUT2D eigenvalue weighted by Crippen LogP contribution is 2.46. The van der Waals surface area contributed by atoms with Crippen molar-refractivity contribution in [3.63, 3.8) is 0 Å². The third kappa shape index (κ3) is 2.27. The molecule has 0 aliphatic heterocycles. The molecule has 6 heteroatoms. The zero-order chi connectivity index (χ0) is 22.4. The monoisotopic (exact) mass is 414 g/mol. The summed E-state index contributed by atoms with van der Waals surface area (Å²) in [5.41, 5.74) is 0.226. The maximum atomic E-state index is 13.7. The Morgan fingerprint density at radius 2 is 1.45 bits per heavy atom. The van der Waals surface area contributed by atoms with E-state index in [1.807, 2.05) is 0 Å². The van der Waals surface area contributed by atoms with Crippen molar-refractivity contribution in [3.05, 3.63) is 67.1 Å². The predicted octanol–water partition coefficient (Wildman–Crippen LogP) is 3.60. The maximum Gasteiger partial charge on any atom is 0.198 e. The lowest BCUT2D eigenvalue weighted by molar-refractivity contribution is 0.463. The number of rotatable bonds is 0. The Morgan fingerprint density at radius 3 is 2.13 bits per heavy atom. The Hall–Kier alpha value is -4.06. The second kappa shape index (κ2) is 5.98. The number of aryl methyl sites for hydroxylation is 2. The number of benzene rings is 5. The van der Waals surface area contributed by atoms with Crippen LogP contribution in [0.2, 0.25) is 0 Å². The van der Waals surface area contributed by atoms with Gasteiger partial charge in [-0.2, -0.15) is 0 Å². The molecule has 0 spiro atoms. The van der Waals surface area contributed by atoms with Gasteiger partial charge in [-0.15, -0.1) is 0 Å². The molecule has 5 rings (SSSR count). The average Bonchev–Trinajstić information content (AvgIpc) is 2.66. The van der Waals surface area contributed by atoms with Gasteiger partial charge in [0.2, 0.25) is 0 Å². The van der Waals surface area contributed by atoms with E-state index in [9.17, 15) is 30.0 Å². The van der Waals surface area contributed by atoms with E-state index >= 15 is 0 Å². The number of phenolic OH excluding ortho intramolecular Hbond substituents is 3. The summed E-state index contributed by atoms with van der Waals surface area (Å²) in [5.74, 6) is -1.12. The van der Waals surface area contributed by atoms with Gasteiger partial charge in [0.1, 0.15) is 23.0 Å². The van der Waals surface area contributed by atoms with Gasteiger partial charge in [-0.1, -0.05) is 12.1 Å². The SMILES string of the molecule is CC(O)=c1ccc2c(c1O)c(=O)c1c3cc(C)cc(=O)c3c(O)c3c(O)cc(C)c2c31. The van der Waals surface area contributed by atoms with Crippen molar-refractivity contribution < 1.29 is 20.4 Å². The van der Waals surface area contributed by atoms with E-state index in [-0.39, 0.29) is 55.2 Å². The first-order valence-corrected chi connectivity index (χ1v) is 9.70. The molecular formula is C25H18O6. The third-order valence-electron chi connectivity index (χ3n) is 6.03. The number of aliphatic hydroxyl groups is 1. The van der Waals surface area contributed by atoms with Crippen LogP contribution < -0.4 is 16.1 Å². The highest BCUT2D eigenvalue weighted by molar-refractivity contribution is 6.32. The quantitative estimate of drug-likeness (QED) is 0.227. The molecule has 6 nitrogen and oxygen atoms in total. The van der Waals surface area contributed by atoms with Crippen molar-refractivity contribution in [1.82, 2.24) is 0 Å². The lowest BCUT2D eigenvalue weighted by atomic mass is 9.87. The fourth-order valence-electron chi connectivity index (χ4n) is 4.77. The first-order chi connectivity index (χ1) is 14.6. The zero-order valence-electron chi connectivity index (χ0n) is 17.0. The number of aromatic hydroxyl groups is 3. The lowest BCUT2D eigenvalue weighted by Crippen LogP contribution is -2.13. The Kier molecular flexibility index (Phi) is 3.65. The van der Waals surface area contributed by atoms with Crippen LogP contribution in [-0.4, -0.2) is 20.4 Å². The van der Waals surface area contributed by atoms with Crippen LogP contribution in [0, 0.1) is 13.8 Å². The summed E-state index contributed by atoms with van der Waals surface area (Å²) in [6, 6.07) is 7.59. The first-order valence-electron chi connectivity index (χ1n) is 9.70. The van der Waals surface area contributed by atoms with Gasteiger partial charge in [0.15, 0.2) is 10.9 Å². The van der Waals surface area contributed by atoms with Crippen molar-refractivity contribution in [2.24, 2.45) is 0 Å². The van der Waals surface area contributed by atoms with E-state index in [2.05, 4.69) is 0 Å². The summed E-state index contributed by atoms with van der Waals surface area (Å²) in [6.07, 6.45) is 0. The topological polar surface area (TPSA) is 115 Å². The molecule has 0 bridgehead atoms. The summed E-state index contributed by atoms with van der Waals surface area (Å²) < 4.78 is 0. The Balaban J connectivity index is 2.34. The second-order valence-electron chi connectivity index (χ2n) is 8.05. The standard InChI is InChI=1S/C25H18O6/c1-9-6-14-18(15(27)7-9)24(30)21-16(28)8-10(2)17-13-5-4-12(11(3)26)23(29)20(13)25(31)19(14)22(17)21/h4-8,26,28-30H,1-3H3. The van der Waals surface area contributed by atoms with Gasteiger partial charge in [0.25, 0.3) is 0 Å². The molecule has 0 fully saturated rings. The molecule has 31 heavy (non-hydrogen) atoms. The van der Waals surface area contributed by atoms with Crippen molar-refractivity contribution in [2.75, 3.05) is 0 Å². The number of aliphatic hydroxyl groups excluding tert-OH is 1. The highest BCUT2D eigenvalue weighted by atomic mass is 16.3. The predicted molar refractivity (Wildman–Crippen MR) is 122 cm³/mol. The zero-order valence-corrected chi connectivity index (χ0v) is 17.0. The molecule has 0 unspecified atom stereocenters. The number of phenols is 3. The number of fused-ring (bicyclic) bond motifs is 4. The first kappa shape index (κ1) is 18.9. The number of hydrogen-bond donors (Lipinski definition) is 4. The highest BCUT2D eigenvalue weighted by Gasteiger charge is 2.25. The van der Waals surface area contributed by atoms with E-state index in [0.29, 0.717) is 27.3 Å². The van der Waals surface area contributed by atoms with E-state index in [0.717, 1.165) is 0 Å². The molecule has 4 N–H and O–H groups in total. The van der Waals surface area contributed by atoms with Gasteiger partial charge >= 0.3 is 0 Å². The summed E-state index contributed by atoms with van der Waals surface area (Å²) in [7, 11) is 0. The van der Waals surface area contributed by atoms with E-state index in [4.69, 9.17) is 0 Å². The van der Waals surface area contributed by atoms with Crippen LogP contribution in [0.3, 0.4) is 0 Å². The van der Waals surface area contributed by atoms with Crippen LogP contribution in [-0.2, 0) is 0 Å². The molecule has 0 radical (unpaired) electrons. The molecule has 5 aromatic carbocycles. The average molecular weight is 414 g/mol. The largest absolute Gasteiger partial charge is 0.512 e. The van der Waals surface area contributed by atoms with E-state index in [1.165, 1.54) is 25.1 Å². The van der Waals surface area contributed by atoms with Gasteiger partial charge in [0, 0.05) is 16.2 Å². The second-order valence-corrected chi connectivity index (χ2v) is 8.05. The normalized spacial score (nSPS) is 13.0. The fraction of sp³-hybridized carbons (Fsp3) is 0.120. The van der Waals surface area contributed by atoms with Crippen molar-refractivity contribution in [3.8, 4) is 17.2 Å². The Bertz CT molecular complexity index is 1780. The van der Waals surface area contributed by atoms with Gasteiger partial charge in [-0.3, -0.25) is 9.59 Å². The number of hydrogen-bond acceptors (Lipinski definition) is 6. The van der Waals surface area contributed by atoms with Crippen LogP contribution >= 0.6 is 0 Å². The van der Waals surface area contributed by atoms with Gasteiger partial charge in [-0.05, 0) is 60.9 Å². The molecule has 0 saturated heterocycles. The van der Waals surface area contributed by atoms with E-state index < -0.39 is 10.9 Å². The molecular weight excluding hydrogens is 396 g/mol. The molecule has 0 amide bonds. The molecule has 0 atom stereocenters. The Morgan fingerprint density at radius 1 is 0.742 bits per heavy atom. The molecule has 5 aromatic rings. The summed E-state index contributed by atoms with van der Waals surface area (Å²) >= 11 is 0. The Labute approximate surface area is 174 Å². The van der Waals surface area contributed by atoms with Crippen molar-refractivity contribution >= 4 is 48.8 Å². The lowest BCUT2D eigenvalue weighted by Gasteiger charge is -2.17. The minimum atomic E-state index is -0.548. The van der Waals surface area contributed by atoms with Crippen LogP contribution in [0.1, 0.15) is 18.1 Å². The van der Waals surface area contributed by atoms with Crippen molar-refractivity contribution in [1.29, 1.82) is 0 Å². The van der Waals surface area contributed by atoms with E-state index in [1.54, 1.807) is 26.0 Å². The minimum Gasteiger partial charge on any atom is -0.512 e. The van der Waals surface area contributed by atoms with Crippen LogP contribution in [0.5, 0.6) is 17.2 Å². The summed E-state index contributed by atoms with van der Waals surface area (Å²) in [5, 5.41) is 44.3. The maximum absolute atomic E-state index is 13.7. The van der Waals surface area contributed by atoms with Crippen LogP contribution in [0.4, 0.5) is 0 Å². The molecule has 0 aromatic heterocycles.